The Kier molecular flexibility index (Phi) is 6.01. The van der Waals surface area contributed by atoms with E-state index in [4.69, 9.17) is 11.5 Å². The van der Waals surface area contributed by atoms with Crippen LogP contribution in [0.5, 0.6) is 0 Å². The van der Waals surface area contributed by atoms with Crippen molar-refractivity contribution in [1.82, 2.24) is 20.1 Å². The van der Waals surface area contributed by atoms with Gasteiger partial charge in [-0.2, -0.15) is 0 Å². The van der Waals surface area contributed by atoms with Crippen LogP contribution in [0, 0.1) is 5.92 Å². The topological polar surface area (TPSA) is 135 Å². The lowest BCUT2D eigenvalue weighted by molar-refractivity contribution is -0.143. The number of piperidine rings is 2. The molecule has 2 aliphatic rings. The first-order valence-electron chi connectivity index (χ1n) is 9.77. The van der Waals surface area contributed by atoms with Crippen LogP contribution in [0.25, 0.3) is 0 Å². The zero-order chi connectivity index (χ0) is 20.3. The number of hydrogen-bond donors (Lipinski definition) is 3. The molecule has 0 radical (unpaired) electrons. The Morgan fingerprint density at radius 1 is 1.29 bits per heavy atom. The maximum Gasteiger partial charge on any atom is 0.253 e. The molecule has 0 aliphatic carbocycles. The lowest BCUT2D eigenvalue weighted by Gasteiger charge is -2.38. The number of carbonyl (C=O) groups excluding carboxylic acids is 3. The molecule has 3 heterocycles. The van der Waals surface area contributed by atoms with Crippen LogP contribution >= 0.6 is 0 Å². The smallest absolute Gasteiger partial charge is 0.253 e. The van der Waals surface area contributed by atoms with Gasteiger partial charge < -0.3 is 26.6 Å². The van der Waals surface area contributed by atoms with Crippen LogP contribution in [0.4, 0.5) is 11.5 Å². The predicted molar refractivity (Wildman–Crippen MR) is 105 cm³/mol. The van der Waals surface area contributed by atoms with E-state index >= 15 is 0 Å². The van der Waals surface area contributed by atoms with Crippen LogP contribution in [0.1, 0.15) is 43.0 Å². The van der Waals surface area contributed by atoms with Gasteiger partial charge in [-0.05, 0) is 32.3 Å². The van der Waals surface area contributed by atoms with Gasteiger partial charge in [-0.15, -0.1) is 0 Å². The van der Waals surface area contributed by atoms with Gasteiger partial charge in [0.05, 0.1) is 17.2 Å². The molecule has 0 bridgehead atoms. The standard InChI is InChI=1S/C19H28N6O3/c1-2-24-10-12(5-6-16(24)26)19(28)25-7-3-4-14(11-25)23-18(27)13-8-15(20)17(21)22-9-13/h8-9,12,14H,2-7,10-11,20H2,1H3,(H2,21,22)(H,23,27)/t12?,14-/m1/s1. The lowest BCUT2D eigenvalue weighted by Crippen LogP contribution is -2.53. The Bertz CT molecular complexity index is 768. The van der Waals surface area contributed by atoms with Gasteiger partial charge in [0.15, 0.2) is 0 Å². The first-order valence-corrected chi connectivity index (χ1v) is 9.77. The average Bonchev–Trinajstić information content (AvgIpc) is 2.70. The second-order valence-corrected chi connectivity index (χ2v) is 7.46. The molecule has 3 amide bonds. The molecule has 152 valence electrons. The average molecular weight is 388 g/mol. The number of carbonyl (C=O) groups is 3. The number of hydrogen-bond acceptors (Lipinski definition) is 6. The van der Waals surface area contributed by atoms with Crippen molar-refractivity contribution >= 4 is 29.2 Å². The number of likely N-dealkylation sites (tertiary alicyclic amines) is 2. The van der Waals surface area contributed by atoms with E-state index in [0.29, 0.717) is 44.6 Å². The molecule has 1 unspecified atom stereocenters. The van der Waals surface area contributed by atoms with E-state index in [9.17, 15) is 14.4 Å². The molecular weight excluding hydrogens is 360 g/mol. The van der Waals surface area contributed by atoms with Gasteiger partial charge >= 0.3 is 0 Å². The quantitative estimate of drug-likeness (QED) is 0.676. The summed E-state index contributed by atoms with van der Waals surface area (Å²) in [7, 11) is 0. The van der Waals surface area contributed by atoms with Crippen LogP contribution in [-0.2, 0) is 9.59 Å². The van der Waals surface area contributed by atoms with Gasteiger partial charge in [0.25, 0.3) is 5.91 Å². The molecule has 9 heteroatoms. The third kappa shape index (κ3) is 4.35. The third-order valence-corrected chi connectivity index (χ3v) is 5.51. The summed E-state index contributed by atoms with van der Waals surface area (Å²) in [6.45, 7) is 4.19. The molecule has 0 spiro atoms. The number of nitrogens with one attached hydrogen (secondary N) is 1. The van der Waals surface area contributed by atoms with Crippen molar-refractivity contribution in [1.29, 1.82) is 0 Å². The van der Waals surface area contributed by atoms with E-state index in [-0.39, 0.29) is 41.2 Å². The fraction of sp³-hybridized carbons (Fsp3) is 0.579. The van der Waals surface area contributed by atoms with Crippen LogP contribution in [0.3, 0.4) is 0 Å². The summed E-state index contributed by atoms with van der Waals surface area (Å²) in [5.74, 6) is -0.0554. The second-order valence-electron chi connectivity index (χ2n) is 7.46. The molecule has 0 saturated carbocycles. The number of nitrogen functional groups attached to an aromatic ring is 2. The highest BCUT2D eigenvalue weighted by Crippen LogP contribution is 2.22. The molecule has 2 atom stereocenters. The Hall–Kier alpha value is -2.84. The van der Waals surface area contributed by atoms with E-state index in [1.54, 1.807) is 4.90 Å². The minimum Gasteiger partial charge on any atom is -0.396 e. The van der Waals surface area contributed by atoms with Crippen molar-refractivity contribution < 1.29 is 14.4 Å². The van der Waals surface area contributed by atoms with Crippen molar-refractivity contribution in [3.05, 3.63) is 17.8 Å². The number of nitrogens with zero attached hydrogens (tertiary/aromatic N) is 3. The number of anilines is 2. The summed E-state index contributed by atoms with van der Waals surface area (Å²) in [5, 5.41) is 2.96. The molecule has 1 aromatic heterocycles. The number of amides is 3. The van der Waals surface area contributed by atoms with Crippen molar-refractivity contribution in [3.63, 3.8) is 0 Å². The van der Waals surface area contributed by atoms with Crippen molar-refractivity contribution in [2.45, 2.75) is 38.6 Å². The van der Waals surface area contributed by atoms with E-state index in [0.717, 1.165) is 12.8 Å². The molecule has 9 nitrogen and oxygen atoms in total. The Morgan fingerprint density at radius 2 is 2.07 bits per heavy atom. The molecule has 2 fully saturated rings. The lowest BCUT2D eigenvalue weighted by atomic mass is 9.94. The van der Waals surface area contributed by atoms with Crippen LogP contribution < -0.4 is 16.8 Å². The van der Waals surface area contributed by atoms with Crippen LogP contribution in [0.15, 0.2) is 12.3 Å². The first kappa shape index (κ1) is 19.9. The molecule has 0 aromatic carbocycles. The van der Waals surface area contributed by atoms with Crippen LogP contribution in [0.2, 0.25) is 0 Å². The van der Waals surface area contributed by atoms with Crippen molar-refractivity contribution in [2.24, 2.45) is 5.92 Å². The summed E-state index contributed by atoms with van der Waals surface area (Å²) in [6, 6.07) is 1.37. The number of nitrogens with two attached hydrogens (primary N) is 2. The van der Waals surface area contributed by atoms with Crippen molar-refractivity contribution in [3.8, 4) is 0 Å². The van der Waals surface area contributed by atoms with Gasteiger partial charge in [-0.3, -0.25) is 14.4 Å². The van der Waals surface area contributed by atoms with Crippen LogP contribution in [-0.4, -0.2) is 64.7 Å². The number of aromatic nitrogens is 1. The first-order chi connectivity index (χ1) is 13.4. The minimum atomic E-state index is -0.279. The second kappa shape index (κ2) is 8.45. The zero-order valence-electron chi connectivity index (χ0n) is 16.2. The van der Waals surface area contributed by atoms with Gasteiger partial charge in [0.2, 0.25) is 11.8 Å². The van der Waals surface area contributed by atoms with Gasteiger partial charge in [0.1, 0.15) is 5.82 Å². The van der Waals surface area contributed by atoms with Gasteiger partial charge in [-0.25, -0.2) is 4.98 Å². The maximum absolute atomic E-state index is 12.9. The summed E-state index contributed by atoms with van der Waals surface area (Å²) in [6.07, 6.45) is 4.03. The Morgan fingerprint density at radius 3 is 2.79 bits per heavy atom. The summed E-state index contributed by atoms with van der Waals surface area (Å²) < 4.78 is 0. The minimum absolute atomic E-state index is 0.0725. The molecule has 2 aliphatic heterocycles. The normalized spacial score (nSPS) is 22.8. The van der Waals surface area contributed by atoms with Gasteiger partial charge in [0, 0.05) is 44.8 Å². The van der Waals surface area contributed by atoms with E-state index in [2.05, 4.69) is 10.3 Å². The number of rotatable bonds is 4. The molecule has 2 saturated heterocycles. The van der Waals surface area contributed by atoms with Crippen molar-refractivity contribution in [2.75, 3.05) is 37.6 Å². The summed E-state index contributed by atoms with van der Waals surface area (Å²) in [5.41, 5.74) is 11.9. The molecule has 3 rings (SSSR count). The Labute approximate surface area is 164 Å². The predicted octanol–water partition coefficient (Wildman–Crippen LogP) is 0.225. The molecule has 5 N–H and O–H groups in total. The monoisotopic (exact) mass is 388 g/mol. The SMILES string of the molecule is CCN1CC(C(=O)N2CCC[C@@H](NC(=O)c3cnc(N)c(N)c3)C2)CCC1=O. The molecule has 28 heavy (non-hydrogen) atoms. The summed E-state index contributed by atoms with van der Waals surface area (Å²) >= 11 is 0. The van der Waals surface area contributed by atoms with E-state index in [1.807, 2.05) is 11.8 Å². The third-order valence-electron chi connectivity index (χ3n) is 5.51. The van der Waals surface area contributed by atoms with E-state index < -0.39 is 0 Å². The molecular formula is C19H28N6O3. The fourth-order valence-corrected chi connectivity index (χ4v) is 3.86. The number of pyridine rings is 1. The highest BCUT2D eigenvalue weighted by Gasteiger charge is 2.34. The molecule has 1 aromatic rings. The van der Waals surface area contributed by atoms with Gasteiger partial charge in [-0.1, -0.05) is 0 Å². The van der Waals surface area contributed by atoms with E-state index in [1.165, 1.54) is 12.3 Å². The highest BCUT2D eigenvalue weighted by molar-refractivity contribution is 5.95. The maximum atomic E-state index is 12.9. The Balaban J connectivity index is 1.59. The highest BCUT2D eigenvalue weighted by atomic mass is 16.2. The zero-order valence-corrected chi connectivity index (χ0v) is 16.2. The fourth-order valence-electron chi connectivity index (χ4n) is 3.86. The summed E-state index contributed by atoms with van der Waals surface area (Å²) in [4.78, 5) is 44.7. The largest absolute Gasteiger partial charge is 0.396 e.